The fourth-order valence-electron chi connectivity index (χ4n) is 6.97. The summed E-state index contributed by atoms with van der Waals surface area (Å²) in [4.78, 5) is 8.83. The van der Waals surface area contributed by atoms with Gasteiger partial charge >= 0.3 is 21.1 Å². The Morgan fingerprint density at radius 3 is 1.85 bits per heavy atom. The van der Waals surface area contributed by atoms with Crippen LogP contribution in [-0.2, 0) is 21.1 Å². The van der Waals surface area contributed by atoms with E-state index in [9.17, 15) is 0 Å². The molecular weight excluding hydrogens is 813 g/mol. The van der Waals surface area contributed by atoms with Crippen molar-refractivity contribution in [2.24, 2.45) is 0 Å². The molecule has 1 aliphatic rings. The maximum absolute atomic E-state index is 8.77. The quantitative estimate of drug-likeness (QED) is 0.144. The molecule has 0 N–H and O–H groups in total. The molecule has 0 amide bonds. The standard InChI is InChI=1S/C46H38B2N2O.Pt/c1-29-23-24-42(50-34(29)6)36-27-40-46(43(28-36)51-37-19-13-18-35(26-37)41-22-9-10-25-49-41)48(45-32(4)16-12-17-33(45)5)39-21-8-7-20-38(39)47(40)44-30(2)14-11-15-31(44)3;/h7-25,27H,1-6H3;/q-2;+2/i1D3,2D3,3D3,4D3,5D3,6D3;. The maximum Gasteiger partial charge on any atom is 2.00 e. The summed E-state index contributed by atoms with van der Waals surface area (Å²) in [7, 11) is 0. The SMILES string of the molecule is [2H]C([2H])([2H])c1ccc(-c2[c-]c(Oc3[c-]c(-c4ccccn4)ccc3)c3c(c2)B(c2c(C([2H])([2H])[2H])cccc2C([2H])([2H])[2H])c2ccccc2B3c2c(C([2H])([2H])[2H])cccc2C([2H])([2H])[2H])nc1C([2H])([2H])[2H].[Pt+2]. The molecule has 8 rings (SSSR count). The van der Waals surface area contributed by atoms with E-state index in [2.05, 4.69) is 22.1 Å². The zero-order valence-electron chi connectivity index (χ0n) is 45.3. The van der Waals surface area contributed by atoms with Crippen molar-refractivity contribution in [3.05, 3.63) is 167 Å². The summed E-state index contributed by atoms with van der Waals surface area (Å²) in [5, 5.41) is 0. The molecule has 1 aliphatic heterocycles. The molecule has 0 spiro atoms. The van der Waals surface area contributed by atoms with Crippen LogP contribution >= 0.6 is 0 Å². The molecule has 52 heavy (non-hydrogen) atoms. The van der Waals surface area contributed by atoms with E-state index in [1.165, 1.54) is 48.5 Å². The fraction of sp³-hybridized carbons (Fsp3) is 0.130. The number of pyridine rings is 2. The van der Waals surface area contributed by atoms with Gasteiger partial charge in [-0.05, 0) is 64.1 Å². The largest absolute Gasteiger partial charge is 2.00 e. The van der Waals surface area contributed by atoms with Gasteiger partial charge in [-0.2, -0.15) is 5.46 Å². The van der Waals surface area contributed by atoms with Crippen molar-refractivity contribution in [3.8, 4) is 34.0 Å². The van der Waals surface area contributed by atoms with Crippen molar-refractivity contribution < 1.29 is 50.5 Å². The van der Waals surface area contributed by atoms with E-state index in [1.807, 2.05) is 0 Å². The van der Waals surface area contributed by atoms with Crippen LogP contribution in [-0.4, -0.2) is 23.4 Å². The van der Waals surface area contributed by atoms with E-state index in [4.69, 9.17) is 29.4 Å². The second-order valence-electron chi connectivity index (χ2n) is 12.2. The van der Waals surface area contributed by atoms with Crippen LogP contribution < -0.4 is 37.5 Å². The van der Waals surface area contributed by atoms with Crippen LogP contribution in [0, 0.1) is 53.2 Å². The molecule has 0 radical (unpaired) electrons. The molecule has 6 heteroatoms. The summed E-state index contributed by atoms with van der Waals surface area (Å²) in [6, 6.07) is 34.8. The molecule has 0 aliphatic carbocycles. The molecule has 5 aromatic carbocycles. The number of aromatic nitrogens is 2. The zero-order valence-corrected chi connectivity index (χ0v) is 29.6. The number of fused-ring (bicyclic) bond motifs is 2. The predicted molar refractivity (Wildman–Crippen MR) is 214 cm³/mol. The van der Waals surface area contributed by atoms with Gasteiger partial charge in [-0.1, -0.05) is 141 Å². The summed E-state index contributed by atoms with van der Waals surface area (Å²) < 4.78 is 161. The molecule has 7 aromatic rings. The third-order valence-electron chi connectivity index (χ3n) is 9.20. The van der Waals surface area contributed by atoms with Crippen LogP contribution in [0.25, 0.3) is 22.5 Å². The van der Waals surface area contributed by atoms with Crippen LogP contribution in [0.4, 0.5) is 0 Å². The Labute approximate surface area is 348 Å². The maximum atomic E-state index is 8.77. The molecule has 0 bridgehead atoms. The van der Waals surface area contributed by atoms with Gasteiger partial charge in [0.2, 0.25) is 6.71 Å². The summed E-state index contributed by atoms with van der Waals surface area (Å²) in [6.07, 6.45) is 1.58. The molecule has 3 heterocycles. The van der Waals surface area contributed by atoms with Gasteiger partial charge in [0.25, 0.3) is 0 Å². The van der Waals surface area contributed by atoms with E-state index in [1.54, 1.807) is 66.9 Å². The molecular formula is C46H38B2N2OPt. The summed E-state index contributed by atoms with van der Waals surface area (Å²) >= 11 is 0. The van der Waals surface area contributed by atoms with Crippen LogP contribution in [0.1, 0.15) is 58.2 Å². The first kappa shape index (κ1) is 19.7. The fourth-order valence-corrected chi connectivity index (χ4v) is 6.97. The minimum atomic E-state index is -3.04. The van der Waals surface area contributed by atoms with E-state index in [0.29, 0.717) is 11.3 Å². The Morgan fingerprint density at radius 1 is 0.538 bits per heavy atom. The van der Waals surface area contributed by atoms with Crippen molar-refractivity contribution in [1.82, 2.24) is 9.97 Å². The summed E-state index contributed by atoms with van der Waals surface area (Å²) in [6.45, 7) is -20.3. The smallest absolute Gasteiger partial charge is 0.497 e. The third kappa shape index (κ3) is 6.37. The van der Waals surface area contributed by atoms with E-state index >= 15 is 0 Å². The Hall–Kier alpha value is -4.98. The minimum Gasteiger partial charge on any atom is -0.497 e. The van der Waals surface area contributed by atoms with Crippen molar-refractivity contribution in [2.45, 2.75) is 41.1 Å². The van der Waals surface area contributed by atoms with Crippen molar-refractivity contribution >= 4 is 46.2 Å². The second kappa shape index (κ2) is 14.6. The van der Waals surface area contributed by atoms with Gasteiger partial charge in [-0.15, -0.1) is 40.9 Å². The number of hydrogen-bond acceptors (Lipinski definition) is 3. The van der Waals surface area contributed by atoms with Gasteiger partial charge in [-0.25, -0.2) is 0 Å². The van der Waals surface area contributed by atoms with Crippen molar-refractivity contribution in [3.63, 3.8) is 0 Å². The summed E-state index contributed by atoms with van der Waals surface area (Å²) in [5.74, 6) is -0.166. The first-order valence-electron chi connectivity index (χ1n) is 25.2. The molecule has 254 valence electrons. The van der Waals surface area contributed by atoms with Gasteiger partial charge in [0.15, 0.2) is 6.71 Å². The average molecular weight is 870 g/mol. The first-order chi connectivity index (χ1) is 32.0. The molecule has 0 saturated carbocycles. The summed E-state index contributed by atoms with van der Waals surface area (Å²) in [5.41, 5.74) is -1.32. The topological polar surface area (TPSA) is 35.0 Å². The first-order valence-corrected chi connectivity index (χ1v) is 16.2. The van der Waals surface area contributed by atoms with E-state index < -0.39 is 65.8 Å². The molecule has 3 nitrogen and oxygen atoms in total. The molecule has 2 aromatic heterocycles. The molecule has 0 atom stereocenters. The normalized spacial score (nSPS) is 18.4. The van der Waals surface area contributed by atoms with Crippen molar-refractivity contribution in [1.29, 1.82) is 0 Å². The number of ether oxygens (including phenoxy) is 1. The monoisotopic (exact) mass is 869 g/mol. The van der Waals surface area contributed by atoms with Crippen LogP contribution in [0.5, 0.6) is 11.5 Å². The Bertz CT molecular complexity index is 3030. The van der Waals surface area contributed by atoms with Gasteiger partial charge in [0.05, 0.1) is 0 Å². The van der Waals surface area contributed by atoms with Gasteiger partial charge in [-0.3, -0.25) is 0 Å². The Morgan fingerprint density at radius 2 is 1.19 bits per heavy atom. The average Bonchev–Trinajstić information content (AvgIpc) is 3.26. The van der Waals surface area contributed by atoms with Gasteiger partial charge in [0.1, 0.15) is 0 Å². The number of aryl methyl sites for hydroxylation is 6. The Balaban J connectivity index is 0.00000722. The Kier molecular flexibility index (Phi) is 5.53. The molecule has 0 saturated heterocycles. The number of benzene rings is 5. The number of nitrogens with zero attached hydrogens (tertiary/aromatic N) is 2. The third-order valence-corrected chi connectivity index (χ3v) is 9.20. The number of hydrogen-bond donors (Lipinski definition) is 0. The van der Waals surface area contributed by atoms with Crippen LogP contribution in [0.2, 0.25) is 0 Å². The van der Waals surface area contributed by atoms with Crippen molar-refractivity contribution in [2.75, 3.05) is 0 Å². The predicted octanol–water partition coefficient (Wildman–Crippen LogP) is 6.40. The minimum absolute atomic E-state index is 0. The van der Waals surface area contributed by atoms with E-state index in [-0.39, 0.29) is 98.9 Å². The second-order valence-corrected chi connectivity index (χ2v) is 12.2. The van der Waals surface area contributed by atoms with Crippen LogP contribution in [0.15, 0.2) is 121 Å². The van der Waals surface area contributed by atoms with E-state index in [0.717, 1.165) is 6.07 Å². The zero-order chi connectivity index (χ0) is 50.2. The number of rotatable bonds is 6. The van der Waals surface area contributed by atoms with Crippen LogP contribution in [0.3, 0.4) is 0 Å². The molecule has 0 unspecified atom stereocenters. The van der Waals surface area contributed by atoms with Gasteiger partial charge in [0, 0.05) is 48.1 Å². The molecule has 0 fully saturated rings. The van der Waals surface area contributed by atoms with Gasteiger partial charge < -0.3 is 14.7 Å².